The summed E-state index contributed by atoms with van der Waals surface area (Å²) < 4.78 is 3.25. The predicted molar refractivity (Wildman–Crippen MR) is 113 cm³/mol. The summed E-state index contributed by atoms with van der Waals surface area (Å²) in [7, 11) is 0. The molecule has 4 atom stereocenters. The lowest BCUT2D eigenvalue weighted by atomic mass is 9.93. The first-order valence-electron chi connectivity index (χ1n) is 8.77. The van der Waals surface area contributed by atoms with Gasteiger partial charge in [-0.25, -0.2) is 4.79 Å². The standard InChI is InChI=1S/C18H14Cl4N2O5S/c1-17(19)7-30-15-10(23-12(25)8-4-2-3-5-9(8)13(23)26)14(27)24(15)11(17)16(28)29-6-18(20,21)22/h2-5,10-11,15H,6-7H2,1H3/t10?,11?,15-,17+/m0/s1. The summed E-state index contributed by atoms with van der Waals surface area (Å²) in [6.07, 6.45) is 0. The zero-order chi connectivity index (χ0) is 22.0. The molecular formula is C18H14Cl4N2O5S. The Kier molecular flexibility index (Phi) is 5.47. The number of hydrogen-bond donors (Lipinski definition) is 0. The third-order valence-electron chi connectivity index (χ3n) is 5.14. The molecule has 0 saturated carbocycles. The van der Waals surface area contributed by atoms with E-state index in [9.17, 15) is 19.2 Å². The van der Waals surface area contributed by atoms with Crippen LogP contribution in [0.4, 0.5) is 0 Å². The van der Waals surface area contributed by atoms with E-state index >= 15 is 0 Å². The Morgan fingerprint density at radius 3 is 2.30 bits per heavy atom. The molecule has 30 heavy (non-hydrogen) atoms. The van der Waals surface area contributed by atoms with Crippen LogP contribution in [-0.4, -0.2) is 72.0 Å². The molecule has 0 aromatic heterocycles. The van der Waals surface area contributed by atoms with Gasteiger partial charge in [0.2, 0.25) is 3.79 Å². The third kappa shape index (κ3) is 3.46. The molecule has 7 nitrogen and oxygen atoms in total. The fourth-order valence-electron chi connectivity index (χ4n) is 3.82. The lowest BCUT2D eigenvalue weighted by Gasteiger charge is -2.57. The summed E-state index contributed by atoms with van der Waals surface area (Å²) >= 11 is 24.7. The molecule has 0 bridgehead atoms. The molecule has 160 valence electrons. The fourth-order valence-corrected chi connectivity index (χ4v) is 5.83. The van der Waals surface area contributed by atoms with Crippen molar-refractivity contribution in [3.8, 4) is 0 Å². The minimum absolute atomic E-state index is 0.246. The van der Waals surface area contributed by atoms with Crippen molar-refractivity contribution < 1.29 is 23.9 Å². The van der Waals surface area contributed by atoms with Crippen LogP contribution in [0.3, 0.4) is 0 Å². The van der Waals surface area contributed by atoms with Crippen LogP contribution in [0.5, 0.6) is 0 Å². The fraction of sp³-hybridized carbons (Fsp3) is 0.444. The highest BCUT2D eigenvalue weighted by atomic mass is 35.6. The van der Waals surface area contributed by atoms with Gasteiger partial charge in [-0.05, 0) is 19.1 Å². The highest BCUT2D eigenvalue weighted by Crippen LogP contribution is 2.48. The SMILES string of the molecule is C[C@@]1(Cl)CS[C@H]2C(N3C(=O)c4ccccc4C3=O)C(=O)N2C1C(=O)OCC(Cl)(Cl)Cl. The molecule has 0 aliphatic carbocycles. The molecule has 3 aliphatic heterocycles. The van der Waals surface area contributed by atoms with Gasteiger partial charge in [0.25, 0.3) is 17.7 Å². The quantitative estimate of drug-likeness (QED) is 0.268. The number of carbonyl (C=O) groups excluding carboxylic acids is 4. The van der Waals surface area contributed by atoms with Gasteiger partial charge in [-0.3, -0.25) is 19.3 Å². The maximum atomic E-state index is 13.1. The van der Waals surface area contributed by atoms with Gasteiger partial charge in [0.05, 0.1) is 16.0 Å². The molecule has 3 aliphatic rings. The van der Waals surface area contributed by atoms with E-state index in [4.69, 9.17) is 51.1 Å². The van der Waals surface area contributed by atoms with E-state index in [0.717, 1.165) is 4.90 Å². The zero-order valence-electron chi connectivity index (χ0n) is 15.3. The first kappa shape index (κ1) is 22.0. The van der Waals surface area contributed by atoms with Crippen molar-refractivity contribution in [2.24, 2.45) is 0 Å². The minimum Gasteiger partial charge on any atom is -0.460 e. The first-order valence-corrected chi connectivity index (χ1v) is 11.3. The molecule has 4 rings (SSSR count). The number of carbonyl (C=O) groups is 4. The molecule has 0 radical (unpaired) electrons. The van der Waals surface area contributed by atoms with Crippen LogP contribution >= 0.6 is 58.2 Å². The molecule has 2 unspecified atom stereocenters. The Morgan fingerprint density at radius 2 is 1.77 bits per heavy atom. The van der Waals surface area contributed by atoms with E-state index in [2.05, 4.69) is 0 Å². The molecular weight excluding hydrogens is 498 g/mol. The number of rotatable bonds is 3. The van der Waals surface area contributed by atoms with Crippen LogP contribution in [-0.2, 0) is 14.3 Å². The number of imide groups is 1. The molecule has 2 saturated heterocycles. The molecule has 0 N–H and O–H groups in total. The predicted octanol–water partition coefficient (Wildman–Crippen LogP) is 2.85. The van der Waals surface area contributed by atoms with Crippen LogP contribution in [0.15, 0.2) is 24.3 Å². The number of ether oxygens (including phenoxy) is 1. The smallest absolute Gasteiger partial charge is 0.330 e. The Hall–Kier alpha value is -1.19. The number of nitrogens with zero attached hydrogens (tertiary/aromatic N) is 2. The third-order valence-corrected chi connectivity index (χ3v) is 7.56. The number of hydrogen-bond acceptors (Lipinski definition) is 6. The maximum absolute atomic E-state index is 13.1. The number of benzene rings is 1. The molecule has 12 heteroatoms. The summed E-state index contributed by atoms with van der Waals surface area (Å²) in [6.45, 7) is 1.09. The second-order valence-electron chi connectivity index (χ2n) is 7.32. The van der Waals surface area contributed by atoms with Gasteiger partial charge >= 0.3 is 5.97 Å². The molecule has 0 spiro atoms. The second kappa shape index (κ2) is 7.45. The zero-order valence-corrected chi connectivity index (χ0v) is 19.2. The second-order valence-corrected chi connectivity index (χ2v) is 11.8. The van der Waals surface area contributed by atoms with Gasteiger partial charge in [0.1, 0.15) is 18.0 Å². The van der Waals surface area contributed by atoms with Crippen molar-refractivity contribution in [1.29, 1.82) is 0 Å². The van der Waals surface area contributed by atoms with Crippen molar-refractivity contribution in [2.75, 3.05) is 12.4 Å². The summed E-state index contributed by atoms with van der Waals surface area (Å²) in [5.41, 5.74) is 0.491. The van der Waals surface area contributed by atoms with Gasteiger partial charge in [-0.1, -0.05) is 46.9 Å². The Balaban J connectivity index is 1.59. The number of β-lactam (4-membered cyclic amide) rings is 1. The summed E-state index contributed by atoms with van der Waals surface area (Å²) in [4.78, 5) is 52.4. The first-order chi connectivity index (χ1) is 13.9. The lowest BCUT2D eigenvalue weighted by molar-refractivity contribution is -0.168. The van der Waals surface area contributed by atoms with E-state index in [-0.39, 0.29) is 16.9 Å². The van der Waals surface area contributed by atoms with Crippen molar-refractivity contribution >= 4 is 81.9 Å². The van der Waals surface area contributed by atoms with Crippen LogP contribution < -0.4 is 0 Å². The number of amides is 3. The van der Waals surface area contributed by atoms with Crippen LogP contribution in [0.2, 0.25) is 0 Å². The van der Waals surface area contributed by atoms with Crippen LogP contribution in [0.25, 0.3) is 0 Å². The number of fused-ring (bicyclic) bond motifs is 2. The van der Waals surface area contributed by atoms with Crippen molar-refractivity contribution in [3.05, 3.63) is 35.4 Å². The molecule has 3 heterocycles. The summed E-state index contributed by atoms with van der Waals surface area (Å²) in [5, 5.41) is -0.628. The van der Waals surface area contributed by atoms with E-state index in [1.165, 1.54) is 28.8 Å². The Bertz CT molecular complexity index is 931. The Morgan fingerprint density at radius 1 is 1.20 bits per heavy atom. The number of thioether (sulfide) groups is 1. The van der Waals surface area contributed by atoms with Crippen LogP contribution in [0, 0.1) is 0 Å². The average molecular weight is 512 g/mol. The summed E-state index contributed by atoms with van der Waals surface area (Å²) in [6, 6.07) is 4.19. The van der Waals surface area contributed by atoms with Gasteiger partial charge in [-0.15, -0.1) is 23.4 Å². The van der Waals surface area contributed by atoms with E-state index in [1.54, 1.807) is 19.1 Å². The van der Waals surface area contributed by atoms with Crippen molar-refractivity contribution in [1.82, 2.24) is 9.80 Å². The normalized spacial score (nSPS) is 30.7. The van der Waals surface area contributed by atoms with Gasteiger partial charge < -0.3 is 9.64 Å². The minimum atomic E-state index is -1.82. The maximum Gasteiger partial charge on any atom is 0.330 e. The van der Waals surface area contributed by atoms with Crippen molar-refractivity contribution in [3.63, 3.8) is 0 Å². The molecule has 1 aromatic rings. The monoisotopic (exact) mass is 510 g/mol. The van der Waals surface area contributed by atoms with Gasteiger partial charge in [0.15, 0.2) is 6.04 Å². The van der Waals surface area contributed by atoms with Gasteiger partial charge in [0, 0.05) is 5.75 Å². The topological polar surface area (TPSA) is 84.0 Å². The largest absolute Gasteiger partial charge is 0.460 e. The highest BCUT2D eigenvalue weighted by Gasteiger charge is 2.65. The summed E-state index contributed by atoms with van der Waals surface area (Å²) in [5.74, 6) is -2.19. The van der Waals surface area contributed by atoms with E-state index in [0.29, 0.717) is 0 Å². The van der Waals surface area contributed by atoms with Crippen LogP contribution in [0.1, 0.15) is 27.6 Å². The molecule has 3 amide bonds. The van der Waals surface area contributed by atoms with Crippen molar-refractivity contribution in [2.45, 2.75) is 33.0 Å². The van der Waals surface area contributed by atoms with Gasteiger partial charge in [-0.2, -0.15) is 0 Å². The molecule has 1 aromatic carbocycles. The number of esters is 1. The number of halogens is 4. The average Bonchev–Trinajstić information content (AvgIpc) is 2.91. The lowest BCUT2D eigenvalue weighted by Crippen LogP contribution is -2.78. The molecule has 2 fully saturated rings. The van der Waals surface area contributed by atoms with E-state index < -0.39 is 56.4 Å². The Labute approximate surface area is 195 Å². The highest BCUT2D eigenvalue weighted by molar-refractivity contribution is 8.00. The number of alkyl halides is 4. The van der Waals surface area contributed by atoms with E-state index in [1.807, 2.05) is 0 Å².